The van der Waals surface area contributed by atoms with Crippen LogP contribution in [0.25, 0.3) is 10.9 Å². The normalized spacial score (nSPS) is 15.2. The number of nitrogens with one attached hydrogen (secondary N) is 1. The van der Waals surface area contributed by atoms with Crippen molar-refractivity contribution >= 4 is 28.4 Å². The van der Waals surface area contributed by atoms with Gasteiger partial charge in [-0.15, -0.1) is 0 Å². The minimum Gasteiger partial charge on any atom is -0.467 e. The van der Waals surface area contributed by atoms with E-state index >= 15 is 0 Å². The molecule has 1 fully saturated rings. The zero-order valence-corrected chi connectivity index (χ0v) is 17.0. The molecule has 6 heteroatoms. The van der Waals surface area contributed by atoms with E-state index in [1.54, 1.807) is 12.3 Å². The van der Waals surface area contributed by atoms with E-state index in [4.69, 9.17) is 16.0 Å². The summed E-state index contributed by atoms with van der Waals surface area (Å²) in [5.41, 5.74) is 2.97. The summed E-state index contributed by atoms with van der Waals surface area (Å²) in [6, 6.07) is 7.68. The summed E-state index contributed by atoms with van der Waals surface area (Å²) in [6.07, 6.45) is 8.20. The number of halogens is 1. The van der Waals surface area contributed by atoms with Crippen LogP contribution >= 0.6 is 11.6 Å². The number of nitrogens with zero attached hydrogens (tertiary/aromatic N) is 2. The number of rotatable bonds is 6. The molecule has 1 N–H and O–H groups in total. The molecule has 0 unspecified atom stereocenters. The fourth-order valence-electron chi connectivity index (χ4n) is 4.04. The lowest BCUT2D eigenvalue weighted by molar-refractivity contribution is 0.0949. The molecular weight excluding hydrogens is 374 g/mol. The lowest BCUT2D eigenvalue weighted by Gasteiger charge is -2.25. The Hall–Kier alpha value is -2.24. The molecule has 0 saturated carbocycles. The van der Waals surface area contributed by atoms with Crippen molar-refractivity contribution in [3.05, 3.63) is 58.6 Å². The number of carbonyl (C=O) groups excluding carboxylic acids is 1. The maximum absolute atomic E-state index is 12.7. The summed E-state index contributed by atoms with van der Waals surface area (Å²) in [4.78, 5) is 15.0. The third kappa shape index (κ3) is 4.10. The van der Waals surface area contributed by atoms with Gasteiger partial charge in [-0.3, -0.25) is 9.69 Å². The van der Waals surface area contributed by atoms with Gasteiger partial charge in [-0.05, 0) is 62.2 Å². The van der Waals surface area contributed by atoms with Crippen molar-refractivity contribution in [1.29, 1.82) is 0 Å². The first kappa shape index (κ1) is 19.1. The molecule has 4 rings (SSSR count). The van der Waals surface area contributed by atoms with E-state index in [1.165, 1.54) is 24.8 Å². The largest absolute Gasteiger partial charge is 0.467 e. The predicted octanol–water partition coefficient (Wildman–Crippen LogP) is 4.38. The first-order chi connectivity index (χ1) is 13.6. The number of benzene rings is 1. The number of piperidine rings is 1. The minimum absolute atomic E-state index is 0.0703. The smallest absolute Gasteiger partial charge is 0.254 e. The molecule has 0 bridgehead atoms. The van der Waals surface area contributed by atoms with Crippen LogP contribution in [-0.2, 0) is 20.0 Å². The van der Waals surface area contributed by atoms with Crippen molar-refractivity contribution in [2.24, 2.45) is 7.05 Å². The molecule has 2 aromatic heterocycles. The summed E-state index contributed by atoms with van der Waals surface area (Å²) in [6.45, 7) is 3.42. The molecule has 5 nitrogen and oxygen atoms in total. The number of hydrogen-bond acceptors (Lipinski definition) is 3. The van der Waals surface area contributed by atoms with Crippen LogP contribution < -0.4 is 5.32 Å². The van der Waals surface area contributed by atoms with Crippen LogP contribution in [0, 0.1) is 0 Å². The zero-order valence-electron chi connectivity index (χ0n) is 16.2. The van der Waals surface area contributed by atoms with Gasteiger partial charge in [0.25, 0.3) is 5.91 Å². The lowest BCUT2D eigenvalue weighted by atomic mass is 10.1. The van der Waals surface area contributed by atoms with Gasteiger partial charge in [0.2, 0.25) is 0 Å². The topological polar surface area (TPSA) is 50.4 Å². The number of fused-ring (bicyclic) bond motifs is 1. The van der Waals surface area contributed by atoms with E-state index in [0.717, 1.165) is 41.2 Å². The van der Waals surface area contributed by atoms with Gasteiger partial charge >= 0.3 is 0 Å². The van der Waals surface area contributed by atoms with Gasteiger partial charge in [-0.25, -0.2) is 0 Å². The maximum Gasteiger partial charge on any atom is 0.254 e. The standard InChI is InChI=1S/C22H26ClN3O2/c1-25-14-16(19-13-17(23)5-6-20(19)25)7-9-24-22(27)18-8-12-28-21(18)15-26-10-3-2-4-11-26/h5-6,8,12-14H,2-4,7,9-11,15H2,1H3,(H,24,27). The molecular formula is C22H26ClN3O2. The van der Waals surface area contributed by atoms with Crippen molar-refractivity contribution < 1.29 is 9.21 Å². The molecule has 3 heterocycles. The van der Waals surface area contributed by atoms with Crippen molar-refractivity contribution in [1.82, 2.24) is 14.8 Å². The quantitative estimate of drug-likeness (QED) is 0.669. The summed E-state index contributed by atoms with van der Waals surface area (Å²) in [5.74, 6) is 0.690. The van der Waals surface area contributed by atoms with Gasteiger partial charge in [-0.2, -0.15) is 0 Å². The van der Waals surface area contributed by atoms with E-state index in [1.807, 2.05) is 25.2 Å². The summed E-state index contributed by atoms with van der Waals surface area (Å²) >= 11 is 6.16. The number of furan rings is 1. The monoisotopic (exact) mass is 399 g/mol. The van der Waals surface area contributed by atoms with Crippen LogP contribution in [0.15, 0.2) is 41.1 Å². The van der Waals surface area contributed by atoms with Crippen LogP contribution in [0.1, 0.15) is 40.9 Å². The van der Waals surface area contributed by atoms with Crippen LogP contribution in [-0.4, -0.2) is 35.0 Å². The van der Waals surface area contributed by atoms with E-state index in [2.05, 4.69) is 21.0 Å². The number of amides is 1. The Morgan fingerprint density at radius 3 is 2.86 bits per heavy atom. The van der Waals surface area contributed by atoms with Crippen molar-refractivity contribution in [2.75, 3.05) is 19.6 Å². The second-order valence-corrected chi connectivity index (χ2v) is 7.96. The Balaban J connectivity index is 1.38. The van der Waals surface area contributed by atoms with Crippen LogP contribution in [0.4, 0.5) is 0 Å². The number of aromatic nitrogens is 1. The fraction of sp³-hybridized carbons (Fsp3) is 0.409. The first-order valence-corrected chi connectivity index (χ1v) is 10.3. The minimum atomic E-state index is -0.0703. The molecule has 1 aliphatic heterocycles. The van der Waals surface area contributed by atoms with E-state index in [0.29, 0.717) is 18.7 Å². The van der Waals surface area contributed by atoms with E-state index in [9.17, 15) is 4.79 Å². The molecule has 28 heavy (non-hydrogen) atoms. The molecule has 0 atom stereocenters. The summed E-state index contributed by atoms with van der Waals surface area (Å²) < 4.78 is 7.70. The van der Waals surface area contributed by atoms with Gasteiger partial charge in [-0.1, -0.05) is 18.0 Å². The molecule has 0 spiro atoms. The number of carbonyl (C=O) groups is 1. The van der Waals surface area contributed by atoms with Gasteiger partial charge in [0, 0.05) is 35.7 Å². The Bertz CT molecular complexity index is 969. The highest BCUT2D eigenvalue weighted by Gasteiger charge is 2.19. The molecule has 1 aromatic carbocycles. The average molecular weight is 400 g/mol. The lowest BCUT2D eigenvalue weighted by Crippen LogP contribution is -2.31. The Morgan fingerprint density at radius 1 is 1.21 bits per heavy atom. The second kappa shape index (κ2) is 8.41. The fourth-order valence-corrected chi connectivity index (χ4v) is 4.21. The Labute approximate surface area is 170 Å². The maximum atomic E-state index is 12.7. The first-order valence-electron chi connectivity index (χ1n) is 9.92. The van der Waals surface area contributed by atoms with Crippen LogP contribution in [0.3, 0.4) is 0 Å². The third-order valence-electron chi connectivity index (χ3n) is 5.52. The summed E-state index contributed by atoms with van der Waals surface area (Å²) in [7, 11) is 2.02. The van der Waals surface area contributed by atoms with Crippen LogP contribution in [0.2, 0.25) is 5.02 Å². The van der Waals surface area contributed by atoms with Gasteiger partial charge < -0.3 is 14.3 Å². The van der Waals surface area contributed by atoms with Crippen LogP contribution in [0.5, 0.6) is 0 Å². The highest BCUT2D eigenvalue weighted by Crippen LogP contribution is 2.24. The van der Waals surface area contributed by atoms with Crippen molar-refractivity contribution in [3.63, 3.8) is 0 Å². The van der Waals surface area contributed by atoms with Gasteiger partial charge in [0.15, 0.2) is 0 Å². The molecule has 148 valence electrons. The molecule has 1 amide bonds. The number of likely N-dealkylation sites (tertiary alicyclic amines) is 1. The van der Waals surface area contributed by atoms with Crippen molar-refractivity contribution in [3.8, 4) is 0 Å². The molecule has 3 aromatic rings. The number of aryl methyl sites for hydroxylation is 1. The molecule has 0 radical (unpaired) electrons. The Kier molecular flexibility index (Phi) is 5.74. The predicted molar refractivity (Wildman–Crippen MR) is 112 cm³/mol. The zero-order chi connectivity index (χ0) is 19.5. The highest BCUT2D eigenvalue weighted by atomic mass is 35.5. The Morgan fingerprint density at radius 2 is 2.04 bits per heavy atom. The van der Waals surface area contributed by atoms with Gasteiger partial charge in [0.05, 0.1) is 18.4 Å². The SMILES string of the molecule is Cn1cc(CCNC(=O)c2ccoc2CN2CCCCC2)c2cc(Cl)ccc21. The van der Waals surface area contributed by atoms with E-state index in [-0.39, 0.29) is 5.91 Å². The second-order valence-electron chi connectivity index (χ2n) is 7.53. The molecule has 0 aliphatic carbocycles. The summed E-state index contributed by atoms with van der Waals surface area (Å²) in [5, 5.41) is 4.90. The van der Waals surface area contributed by atoms with E-state index < -0.39 is 0 Å². The number of hydrogen-bond donors (Lipinski definition) is 1. The highest BCUT2D eigenvalue weighted by molar-refractivity contribution is 6.31. The van der Waals surface area contributed by atoms with Gasteiger partial charge in [0.1, 0.15) is 5.76 Å². The third-order valence-corrected chi connectivity index (χ3v) is 5.75. The molecule has 1 saturated heterocycles. The van der Waals surface area contributed by atoms with Crippen molar-refractivity contribution in [2.45, 2.75) is 32.2 Å². The molecule has 1 aliphatic rings. The average Bonchev–Trinajstić information content (AvgIpc) is 3.27.